The van der Waals surface area contributed by atoms with Crippen molar-refractivity contribution in [3.63, 3.8) is 0 Å². The summed E-state index contributed by atoms with van der Waals surface area (Å²) in [7, 11) is 0. The Morgan fingerprint density at radius 2 is 1.83 bits per heavy atom. The van der Waals surface area contributed by atoms with Gasteiger partial charge >= 0.3 is 0 Å². The Morgan fingerprint density at radius 3 is 2.63 bits per heavy atom. The highest BCUT2D eigenvalue weighted by Crippen LogP contribution is 2.26. The lowest BCUT2D eigenvalue weighted by molar-refractivity contribution is -0.115. The zero-order chi connectivity index (χ0) is 20.8. The number of hydrogen-bond donors (Lipinski definition) is 2. The predicted octanol–water partition coefficient (Wildman–Crippen LogP) is 4.90. The van der Waals surface area contributed by atoms with Gasteiger partial charge in [-0.05, 0) is 49.9 Å². The van der Waals surface area contributed by atoms with Crippen LogP contribution in [0.15, 0.2) is 60.0 Å². The normalized spacial score (nSPS) is 13.7. The molecule has 0 aliphatic heterocycles. The molecule has 154 valence electrons. The number of carbonyl (C=O) groups excluding carboxylic acids is 2. The molecule has 30 heavy (non-hydrogen) atoms. The summed E-state index contributed by atoms with van der Waals surface area (Å²) in [6.07, 6.45) is 5.00. The highest BCUT2D eigenvalue weighted by atomic mass is 32.1. The third-order valence-corrected chi connectivity index (χ3v) is 5.68. The molecular weight excluding hydrogens is 398 g/mol. The maximum absolute atomic E-state index is 12.4. The van der Waals surface area contributed by atoms with Gasteiger partial charge in [0.1, 0.15) is 5.75 Å². The molecule has 3 aromatic rings. The standard InChI is InChI=1S/C23H23N3O3S/c27-21(24-17-9-6-12-20(13-17)29-19-10-4-5-11-19)14-18-15-30-23(25-18)26-22(28)16-7-2-1-3-8-16/h1-3,6-9,12-13,15,19H,4-5,10-11,14H2,(H,24,27)(H,25,26,28). The Balaban J connectivity index is 1.31. The Morgan fingerprint density at radius 1 is 1.03 bits per heavy atom. The fourth-order valence-electron chi connectivity index (χ4n) is 3.42. The van der Waals surface area contributed by atoms with Gasteiger partial charge in [-0.1, -0.05) is 24.3 Å². The third-order valence-electron chi connectivity index (χ3n) is 4.87. The summed E-state index contributed by atoms with van der Waals surface area (Å²) in [5, 5.41) is 7.90. The van der Waals surface area contributed by atoms with Gasteiger partial charge in [0.2, 0.25) is 5.91 Å². The minimum Gasteiger partial charge on any atom is -0.490 e. The second-order valence-corrected chi connectivity index (χ2v) is 8.10. The Hall–Kier alpha value is -3.19. The van der Waals surface area contributed by atoms with Crippen LogP contribution in [0.3, 0.4) is 0 Å². The van der Waals surface area contributed by atoms with E-state index in [1.165, 1.54) is 24.2 Å². The van der Waals surface area contributed by atoms with Crippen molar-refractivity contribution >= 4 is 34.0 Å². The van der Waals surface area contributed by atoms with Gasteiger partial charge in [0.25, 0.3) is 5.91 Å². The van der Waals surface area contributed by atoms with Crippen molar-refractivity contribution in [2.45, 2.75) is 38.2 Å². The molecule has 0 saturated heterocycles. The zero-order valence-corrected chi connectivity index (χ0v) is 17.3. The van der Waals surface area contributed by atoms with E-state index in [1.807, 2.05) is 30.3 Å². The molecule has 0 spiro atoms. The highest BCUT2D eigenvalue weighted by molar-refractivity contribution is 7.14. The zero-order valence-electron chi connectivity index (χ0n) is 16.5. The van der Waals surface area contributed by atoms with Gasteiger partial charge in [-0.3, -0.25) is 14.9 Å². The molecular formula is C23H23N3O3S. The van der Waals surface area contributed by atoms with E-state index in [2.05, 4.69) is 15.6 Å². The maximum Gasteiger partial charge on any atom is 0.257 e. The van der Waals surface area contributed by atoms with E-state index in [-0.39, 0.29) is 24.3 Å². The van der Waals surface area contributed by atoms with E-state index >= 15 is 0 Å². The molecule has 2 amide bonds. The van der Waals surface area contributed by atoms with Crippen LogP contribution in [0.4, 0.5) is 10.8 Å². The minimum atomic E-state index is -0.222. The lowest BCUT2D eigenvalue weighted by Crippen LogP contribution is -2.15. The summed E-state index contributed by atoms with van der Waals surface area (Å²) in [6, 6.07) is 16.4. The average Bonchev–Trinajstić information content (AvgIpc) is 3.41. The number of aromatic nitrogens is 1. The van der Waals surface area contributed by atoms with Crippen LogP contribution in [0.25, 0.3) is 0 Å². The molecule has 1 aliphatic rings. The first-order valence-corrected chi connectivity index (χ1v) is 10.9. The smallest absolute Gasteiger partial charge is 0.257 e. The lowest BCUT2D eigenvalue weighted by Gasteiger charge is -2.14. The molecule has 1 aromatic heterocycles. The van der Waals surface area contributed by atoms with Crippen molar-refractivity contribution in [3.8, 4) is 5.75 Å². The van der Waals surface area contributed by atoms with Crippen molar-refractivity contribution < 1.29 is 14.3 Å². The van der Waals surface area contributed by atoms with Crippen LogP contribution in [-0.4, -0.2) is 22.9 Å². The number of ether oxygens (including phenoxy) is 1. The molecule has 7 heteroatoms. The van der Waals surface area contributed by atoms with Crippen molar-refractivity contribution in [1.82, 2.24) is 4.98 Å². The topological polar surface area (TPSA) is 80.3 Å². The first-order valence-electron chi connectivity index (χ1n) is 10.0. The second kappa shape index (κ2) is 9.54. The van der Waals surface area contributed by atoms with Gasteiger partial charge in [-0.25, -0.2) is 4.98 Å². The Kier molecular flexibility index (Phi) is 6.39. The molecule has 0 radical (unpaired) electrons. The van der Waals surface area contributed by atoms with Gasteiger partial charge in [0, 0.05) is 22.7 Å². The van der Waals surface area contributed by atoms with Gasteiger partial charge in [0.15, 0.2) is 5.13 Å². The Labute approximate surface area is 179 Å². The van der Waals surface area contributed by atoms with Crippen LogP contribution >= 0.6 is 11.3 Å². The van der Waals surface area contributed by atoms with Gasteiger partial charge in [-0.2, -0.15) is 0 Å². The quantitative estimate of drug-likeness (QED) is 0.569. The summed E-state index contributed by atoms with van der Waals surface area (Å²) in [4.78, 5) is 29.0. The van der Waals surface area contributed by atoms with E-state index in [4.69, 9.17) is 4.74 Å². The van der Waals surface area contributed by atoms with E-state index in [1.54, 1.807) is 29.6 Å². The van der Waals surface area contributed by atoms with Crippen LogP contribution < -0.4 is 15.4 Å². The molecule has 2 N–H and O–H groups in total. The number of carbonyl (C=O) groups is 2. The van der Waals surface area contributed by atoms with E-state index in [0.717, 1.165) is 18.6 Å². The fourth-order valence-corrected chi connectivity index (χ4v) is 4.13. The first-order chi connectivity index (χ1) is 14.7. The van der Waals surface area contributed by atoms with Crippen molar-refractivity contribution in [3.05, 3.63) is 71.2 Å². The summed E-state index contributed by atoms with van der Waals surface area (Å²) >= 11 is 1.30. The number of anilines is 2. The Bertz CT molecular complexity index is 1010. The molecule has 0 unspecified atom stereocenters. The number of amides is 2. The monoisotopic (exact) mass is 421 g/mol. The fraction of sp³-hybridized carbons (Fsp3) is 0.261. The average molecular weight is 422 g/mol. The van der Waals surface area contributed by atoms with Gasteiger partial charge in [0.05, 0.1) is 18.2 Å². The minimum absolute atomic E-state index is 0.130. The van der Waals surface area contributed by atoms with E-state index in [9.17, 15) is 9.59 Å². The SMILES string of the molecule is O=C(Cc1csc(NC(=O)c2ccccc2)n1)Nc1cccc(OC2CCCC2)c1. The van der Waals surface area contributed by atoms with Gasteiger partial charge in [-0.15, -0.1) is 11.3 Å². The van der Waals surface area contributed by atoms with Crippen molar-refractivity contribution in [1.29, 1.82) is 0 Å². The molecule has 0 atom stereocenters. The van der Waals surface area contributed by atoms with Crippen LogP contribution in [-0.2, 0) is 11.2 Å². The number of thiazole rings is 1. The van der Waals surface area contributed by atoms with Crippen molar-refractivity contribution in [2.24, 2.45) is 0 Å². The van der Waals surface area contributed by atoms with Crippen LogP contribution in [0, 0.1) is 0 Å². The summed E-state index contributed by atoms with van der Waals surface area (Å²) in [5.41, 5.74) is 1.87. The molecule has 0 bridgehead atoms. The number of hydrogen-bond acceptors (Lipinski definition) is 5. The number of nitrogens with one attached hydrogen (secondary N) is 2. The van der Waals surface area contributed by atoms with E-state index < -0.39 is 0 Å². The number of benzene rings is 2. The van der Waals surface area contributed by atoms with Crippen LogP contribution in [0.2, 0.25) is 0 Å². The summed E-state index contributed by atoms with van der Waals surface area (Å²) < 4.78 is 5.99. The number of nitrogens with zero attached hydrogens (tertiary/aromatic N) is 1. The maximum atomic E-state index is 12.4. The van der Waals surface area contributed by atoms with E-state index in [0.29, 0.717) is 22.1 Å². The molecule has 1 saturated carbocycles. The molecule has 1 heterocycles. The molecule has 2 aromatic carbocycles. The molecule has 1 aliphatic carbocycles. The number of rotatable bonds is 7. The van der Waals surface area contributed by atoms with Gasteiger partial charge < -0.3 is 10.1 Å². The molecule has 1 fully saturated rings. The van der Waals surface area contributed by atoms with Crippen LogP contribution in [0.1, 0.15) is 41.7 Å². The summed E-state index contributed by atoms with van der Waals surface area (Å²) in [6.45, 7) is 0. The summed E-state index contributed by atoms with van der Waals surface area (Å²) in [5.74, 6) is 0.388. The molecule has 6 nitrogen and oxygen atoms in total. The second-order valence-electron chi connectivity index (χ2n) is 7.24. The third kappa shape index (κ3) is 5.45. The highest BCUT2D eigenvalue weighted by Gasteiger charge is 2.17. The predicted molar refractivity (Wildman–Crippen MR) is 118 cm³/mol. The largest absolute Gasteiger partial charge is 0.490 e. The lowest BCUT2D eigenvalue weighted by atomic mass is 10.2. The van der Waals surface area contributed by atoms with Crippen molar-refractivity contribution in [2.75, 3.05) is 10.6 Å². The van der Waals surface area contributed by atoms with Crippen LogP contribution in [0.5, 0.6) is 5.75 Å². The first kappa shape index (κ1) is 20.1. The molecule has 4 rings (SSSR count).